The van der Waals surface area contributed by atoms with Gasteiger partial charge in [-0.1, -0.05) is 78.9 Å². The number of para-hydroxylation sites is 1. The Morgan fingerprint density at radius 1 is 0.946 bits per heavy atom. The lowest BCUT2D eigenvalue weighted by Crippen LogP contribution is -2.70. The third-order valence-electron chi connectivity index (χ3n) is 6.00. The number of benzene rings is 3. The highest BCUT2D eigenvalue weighted by Gasteiger charge is 2.54. The molecule has 0 saturated carbocycles. The van der Waals surface area contributed by atoms with Gasteiger partial charge in [0.25, 0.3) is 11.8 Å². The third kappa shape index (κ3) is 5.38. The van der Waals surface area contributed by atoms with Crippen LogP contribution in [0.3, 0.4) is 0 Å². The summed E-state index contributed by atoms with van der Waals surface area (Å²) in [7, 11) is 0. The summed E-state index contributed by atoms with van der Waals surface area (Å²) in [5.41, 5.74) is 1.73. The van der Waals surface area contributed by atoms with E-state index in [0.717, 1.165) is 11.1 Å². The fourth-order valence-electron chi connectivity index (χ4n) is 4.22. The number of carbonyl (C=O) groups excluding carboxylic acids is 3. The average Bonchev–Trinajstić information content (AvgIpc) is 2.94. The summed E-state index contributed by atoms with van der Waals surface area (Å²) in [5, 5.41) is 2.29. The Bertz CT molecular complexity index is 1280. The van der Waals surface area contributed by atoms with E-state index in [2.05, 4.69) is 17.9 Å². The Morgan fingerprint density at radius 2 is 1.51 bits per heavy atom. The normalized spacial score (nSPS) is 18.6. The second-order valence-electron chi connectivity index (χ2n) is 8.46. The van der Waals surface area contributed by atoms with Gasteiger partial charge in [0, 0.05) is 10.7 Å². The summed E-state index contributed by atoms with van der Waals surface area (Å²) in [6.07, 6.45) is -0.654. The van der Waals surface area contributed by atoms with E-state index in [-0.39, 0.29) is 18.2 Å². The zero-order chi connectivity index (χ0) is 25.8. The lowest BCUT2D eigenvalue weighted by Gasteiger charge is -2.49. The lowest BCUT2D eigenvalue weighted by molar-refractivity contribution is -0.154. The lowest BCUT2D eigenvalue weighted by atomic mass is 10.0. The van der Waals surface area contributed by atoms with Gasteiger partial charge in [0.2, 0.25) is 0 Å². The summed E-state index contributed by atoms with van der Waals surface area (Å²) < 4.78 is 11.5. The number of ether oxygens (including phenoxy) is 2. The van der Waals surface area contributed by atoms with Crippen LogP contribution in [0.15, 0.2) is 102 Å². The quantitative estimate of drug-likeness (QED) is 0.260. The van der Waals surface area contributed by atoms with Crippen molar-refractivity contribution in [1.82, 2.24) is 10.2 Å². The molecular weight excluding hydrogens is 508 g/mol. The van der Waals surface area contributed by atoms with Crippen LogP contribution in [-0.2, 0) is 19.1 Å². The molecule has 1 fully saturated rings. The highest BCUT2D eigenvalue weighted by Crippen LogP contribution is 2.42. The number of rotatable bonds is 8. The van der Waals surface area contributed by atoms with Gasteiger partial charge in [0.15, 0.2) is 12.7 Å². The number of nitrogens with one attached hydrogen (secondary N) is 1. The molecule has 0 unspecified atom stereocenters. The molecule has 3 aromatic rings. The molecule has 188 valence electrons. The van der Waals surface area contributed by atoms with Gasteiger partial charge in [0.1, 0.15) is 22.9 Å². The number of fused-ring (bicyclic) bond motifs is 1. The first-order valence-corrected chi connectivity index (χ1v) is 13.2. The van der Waals surface area contributed by atoms with Crippen molar-refractivity contribution in [2.45, 2.75) is 17.5 Å². The average molecular weight is 533 g/mol. The Morgan fingerprint density at radius 3 is 2.11 bits per heavy atom. The van der Waals surface area contributed by atoms with Crippen LogP contribution >= 0.6 is 24.4 Å². The van der Waals surface area contributed by atoms with Gasteiger partial charge >= 0.3 is 5.97 Å². The molecular formula is C28H24N2O5S2. The monoisotopic (exact) mass is 532 g/mol. The summed E-state index contributed by atoms with van der Waals surface area (Å²) in [6, 6.07) is 27.0. The Balaban J connectivity index is 1.28. The van der Waals surface area contributed by atoms with Crippen molar-refractivity contribution in [3.63, 3.8) is 0 Å². The molecule has 2 atom stereocenters. The van der Waals surface area contributed by atoms with E-state index in [1.165, 1.54) is 16.7 Å². The maximum Gasteiger partial charge on any atom is 0.356 e. The van der Waals surface area contributed by atoms with E-state index in [1.54, 1.807) is 24.3 Å². The van der Waals surface area contributed by atoms with E-state index in [4.69, 9.17) is 9.47 Å². The minimum Gasteiger partial charge on any atom is -0.484 e. The number of esters is 1. The molecule has 2 heterocycles. The Hall–Kier alpha value is -3.69. The van der Waals surface area contributed by atoms with Crippen molar-refractivity contribution < 1.29 is 23.9 Å². The van der Waals surface area contributed by atoms with E-state index in [0.29, 0.717) is 16.4 Å². The molecule has 3 aromatic carbocycles. The number of β-lactam (4-membered cyclic amide) rings is 1. The van der Waals surface area contributed by atoms with Gasteiger partial charge in [-0.05, 0) is 23.3 Å². The van der Waals surface area contributed by atoms with Crippen LogP contribution in [0.1, 0.15) is 17.2 Å². The van der Waals surface area contributed by atoms with Crippen molar-refractivity contribution in [3.05, 3.63) is 113 Å². The molecule has 37 heavy (non-hydrogen) atoms. The molecule has 1 saturated heterocycles. The van der Waals surface area contributed by atoms with Gasteiger partial charge in [-0.2, -0.15) is 0 Å². The predicted octanol–water partition coefficient (Wildman–Crippen LogP) is 3.94. The van der Waals surface area contributed by atoms with Crippen LogP contribution in [0.25, 0.3) is 0 Å². The van der Waals surface area contributed by atoms with Crippen LogP contribution in [0.5, 0.6) is 5.75 Å². The number of carbonyl (C=O) groups is 3. The fourth-order valence-corrected chi connectivity index (χ4v) is 5.84. The van der Waals surface area contributed by atoms with Gasteiger partial charge in [-0.3, -0.25) is 14.5 Å². The highest BCUT2D eigenvalue weighted by molar-refractivity contribution is 8.01. The smallest absolute Gasteiger partial charge is 0.356 e. The molecule has 5 rings (SSSR count). The number of thioether (sulfide) groups is 1. The number of hydrogen-bond acceptors (Lipinski definition) is 7. The molecule has 2 aliphatic rings. The predicted molar refractivity (Wildman–Crippen MR) is 144 cm³/mol. The molecule has 0 aromatic heterocycles. The SMILES string of the molecule is O=C(COc1ccccc1)N[C@@H]1C(=O)N2C(C(=O)OC(c3ccccc3)c3ccccc3)=C(S)CS[C@H]12. The molecule has 0 radical (unpaired) electrons. The minimum atomic E-state index is -0.764. The maximum atomic E-state index is 13.4. The number of thiol groups is 1. The largest absolute Gasteiger partial charge is 0.484 e. The maximum absolute atomic E-state index is 13.4. The van der Waals surface area contributed by atoms with Crippen LogP contribution in [0.2, 0.25) is 0 Å². The van der Waals surface area contributed by atoms with Crippen LogP contribution in [0, 0.1) is 0 Å². The third-order valence-corrected chi connectivity index (χ3v) is 7.86. The van der Waals surface area contributed by atoms with Gasteiger partial charge in [-0.25, -0.2) is 4.79 Å². The van der Waals surface area contributed by atoms with Crippen LogP contribution in [-0.4, -0.2) is 46.5 Å². The molecule has 0 spiro atoms. The summed E-state index contributed by atoms with van der Waals surface area (Å²) in [4.78, 5) is 40.8. The van der Waals surface area contributed by atoms with Gasteiger partial charge < -0.3 is 14.8 Å². The van der Waals surface area contributed by atoms with Gasteiger partial charge in [0.05, 0.1) is 0 Å². The van der Waals surface area contributed by atoms with Crippen molar-refractivity contribution in [3.8, 4) is 5.75 Å². The summed E-state index contributed by atoms with van der Waals surface area (Å²) in [5.74, 6) is -0.472. The first kappa shape index (κ1) is 25.0. The standard InChI is InChI=1S/C28H24N2O5S2/c31-22(16-34-20-14-8-3-9-15-20)29-23-26(32)30-24(21(36)17-37-27(23)30)28(33)35-25(18-10-4-1-5-11-18)19-12-6-2-7-13-19/h1-15,23,25,27,36H,16-17H2,(H,29,31)/t23-,27-/m1/s1. The zero-order valence-corrected chi connectivity index (χ0v) is 21.4. The van der Waals surface area contributed by atoms with Gasteiger partial charge in [-0.15, -0.1) is 24.4 Å². The first-order chi connectivity index (χ1) is 18.0. The summed E-state index contributed by atoms with van der Waals surface area (Å²) >= 11 is 5.93. The first-order valence-electron chi connectivity index (χ1n) is 11.7. The van der Waals surface area contributed by atoms with E-state index in [1.807, 2.05) is 66.7 Å². The highest BCUT2D eigenvalue weighted by atomic mass is 32.2. The number of amides is 2. The van der Waals surface area contributed by atoms with E-state index < -0.39 is 29.4 Å². The van der Waals surface area contributed by atoms with Crippen molar-refractivity contribution >= 4 is 42.2 Å². The second kappa shape index (κ2) is 11.1. The van der Waals surface area contributed by atoms with E-state index in [9.17, 15) is 14.4 Å². The Kier molecular flexibility index (Phi) is 7.52. The molecule has 0 bridgehead atoms. The molecule has 1 N–H and O–H groups in total. The molecule has 2 amide bonds. The molecule has 7 nitrogen and oxygen atoms in total. The van der Waals surface area contributed by atoms with Crippen molar-refractivity contribution in [1.29, 1.82) is 0 Å². The van der Waals surface area contributed by atoms with Crippen LogP contribution < -0.4 is 10.1 Å². The molecule has 9 heteroatoms. The van der Waals surface area contributed by atoms with Crippen LogP contribution in [0.4, 0.5) is 0 Å². The van der Waals surface area contributed by atoms with Crippen molar-refractivity contribution in [2.75, 3.05) is 12.4 Å². The number of nitrogens with zero attached hydrogens (tertiary/aromatic N) is 1. The summed E-state index contributed by atoms with van der Waals surface area (Å²) in [6.45, 7) is -0.219. The zero-order valence-electron chi connectivity index (χ0n) is 19.7. The minimum absolute atomic E-state index is 0.111. The second-order valence-corrected chi connectivity index (χ2v) is 10.1. The molecule has 2 aliphatic heterocycles. The topological polar surface area (TPSA) is 84.9 Å². The fraction of sp³-hybridized carbons (Fsp3) is 0.179. The van der Waals surface area contributed by atoms with Crippen molar-refractivity contribution in [2.24, 2.45) is 0 Å². The van der Waals surface area contributed by atoms with E-state index >= 15 is 0 Å². The molecule has 0 aliphatic carbocycles. The number of hydrogen-bond donors (Lipinski definition) is 2. The Labute approximate surface area is 224 Å².